The lowest BCUT2D eigenvalue weighted by atomic mass is 10.1. The summed E-state index contributed by atoms with van der Waals surface area (Å²) in [6, 6.07) is 11.1. The van der Waals surface area contributed by atoms with Gasteiger partial charge in [-0.15, -0.1) is 0 Å². The fourth-order valence-electron chi connectivity index (χ4n) is 2.91. The van der Waals surface area contributed by atoms with Crippen molar-refractivity contribution in [3.63, 3.8) is 0 Å². The van der Waals surface area contributed by atoms with Crippen LogP contribution in [0, 0.1) is 0 Å². The first kappa shape index (κ1) is 24.3. The first-order valence-corrected chi connectivity index (χ1v) is 10.6. The van der Waals surface area contributed by atoms with Gasteiger partial charge in [-0.2, -0.15) is 0 Å². The average Bonchev–Trinajstić information content (AvgIpc) is 2.76. The summed E-state index contributed by atoms with van der Waals surface area (Å²) in [5, 5.41) is 3.27. The molecule has 0 unspecified atom stereocenters. The number of nitrogens with zero attached hydrogens (tertiary/aromatic N) is 1. The zero-order valence-corrected chi connectivity index (χ0v) is 19.2. The summed E-state index contributed by atoms with van der Waals surface area (Å²) in [7, 11) is 3.11. The molecule has 0 saturated heterocycles. The number of nitrogens with one attached hydrogen (secondary N) is 1. The quantitative estimate of drug-likeness (QED) is 0.534. The third-order valence-corrected chi connectivity index (χ3v) is 4.83. The molecule has 0 atom stereocenters. The van der Waals surface area contributed by atoms with E-state index in [1.807, 2.05) is 38.1 Å². The molecule has 6 nitrogen and oxygen atoms in total. The summed E-state index contributed by atoms with van der Waals surface area (Å²) in [6.45, 7) is 4.49. The molecule has 0 radical (unpaired) electrons. The van der Waals surface area contributed by atoms with Crippen LogP contribution in [0.15, 0.2) is 42.5 Å². The van der Waals surface area contributed by atoms with Crippen molar-refractivity contribution in [2.45, 2.75) is 26.7 Å². The lowest BCUT2D eigenvalue weighted by Gasteiger charge is -2.16. The molecule has 0 aliphatic carbocycles. The number of aryl methyl sites for hydroxylation is 1. The van der Waals surface area contributed by atoms with Crippen LogP contribution >= 0.6 is 11.6 Å². The molecule has 2 aromatic rings. The van der Waals surface area contributed by atoms with Gasteiger partial charge in [0.05, 0.1) is 25.3 Å². The van der Waals surface area contributed by atoms with Gasteiger partial charge < -0.3 is 19.7 Å². The maximum Gasteiger partial charge on any atom is 0.246 e. The van der Waals surface area contributed by atoms with E-state index in [-0.39, 0.29) is 18.4 Å². The lowest BCUT2D eigenvalue weighted by Crippen LogP contribution is -2.34. The fraction of sp³-hybridized carbons (Fsp3) is 0.333. The Hall–Kier alpha value is -2.99. The minimum Gasteiger partial charge on any atom is -0.493 e. The molecule has 0 aliphatic heterocycles. The van der Waals surface area contributed by atoms with Gasteiger partial charge in [0.25, 0.3) is 0 Å². The Kier molecular flexibility index (Phi) is 9.40. The molecule has 2 aromatic carbocycles. The number of para-hydroxylation sites is 1. The van der Waals surface area contributed by atoms with Gasteiger partial charge in [0.2, 0.25) is 11.8 Å². The van der Waals surface area contributed by atoms with Crippen molar-refractivity contribution in [1.29, 1.82) is 0 Å². The summed E-state index contributed by atoms with van der Waals surface area (Å²) >= 11 is 6.31. The van der Waals surface area contributed by atoms with Crippen LogP contribution in [0.2, 0.25) is 5.02 Å². The van der Waals surface area contributed by atoms with E-state index in [2.05, 4.69) is 5.32 Å². The molecule has 0 heterocycles. The smallest absolute Gasteiger partial charge is 0.246 e. The summed E-state index contributed by atoms with van der Waals surface area (Å²) in [5.74, 6) is 0.415. The maximum absolute atomic E-state index is 12.4. The van der Waals surface area contributed by atoms with E-state index >= 15 is 0 Å². The Labute approximate surface area is 188 Å². The number of benzene rings is 2. The van der Waals surface area contributed by atoms with E-state index < -0.39 is 0 Å². The van der Waals surface area contributed by atoms with Crippen LogP contribution in [-0.2, 0) is 16.0 Å². The molecular weight excluding hydrogens is 416 g/mol. The molecule has 0 aromatic heterocycles. The van der Waals surface area contributed by atoms with Crippen LogP contribution in [0.1, 0.15) is 31.4 Å². The van der Waals surface area contributed by atoms with E-state index in [9.17, 15) is 9.59 Å². The van der Waals surface area contributed by atoms with Gasteiger partial charge in [-0.1, -0.05) is 43.6 Å². The van der Waals surface area contributed by atoms with Crippen LogP contribution in [0.4, 0.5) is 5.69 Å². The Bertz CT molecular complexity index is 943. The standard InChI is InChI=1S/C24H29ClN2O4/c1-5-13-31-24-19(25)14-17(15-21(24)30-4)11-12-23(29)27(3)16-22(28)26-20-10-8-7-9-18(20)6-2/h7-12,14-15H,5-6,13,16H2,1-4H3,(H,26,28)/b12-11+. The third-order valence-electron chi connectivity index (χ3n) is 4.55. The number of methoxy groups -OCH3 is 1. The SMILES string of the molecule is CCCOc1c(Cl)cc(/C=C/C(=O)N(C)CC(=O)Nc2ccccc2CC)cc1OC. The van der Waals surface area contributed by atoms with Crippen LogP contribution in [-0.4, -0.2) is 44.0 Å². The van der Waals surface area contributed by atoms with Crippen LogP contribution < -0.4 is 14.8 Å². The normalized spacial score (nSPS) is 10.7. The van der Waals surface area contributed by atoms with E-state index in [0.29, 0.717) is 28.7 Å². The molecule has 31 heavy (non-hydrogen) atoms. The predicted molar refractivity (Wildman–Crippen MR) is 125 cm³/mol. The Morgan fingerprint density at radius 2 is 1.94 bits per heavy atom. The highest BCUT2D eigenvalue weighted by Crippen LogP contribution is 2.36. The Morgan fingerprint density at radius 3 is 2.61 bits per heavy atom. The third kappa shape index (κ3) is 7.03. The summed E-state index contributed by atoms with van der Waals surface area (Å²) in [4.78, 5) is 26.1. The summed E-state index contributed by atoms with van der Waals surface area (Å²) in [6.07, 6.45) is 4.67. The molecule has 2 rings (SSSR count). The fourth-order valence-corrected chi connectivity index (χ4v) is 3.18. The number of hydrogen-bond donors (Lipinski definition) is 1. The van der Waals surface area contributed by atoms with E-state index in [1.54, 1.807) is 25.3 Å². The van der Waals surface area contributed by atoms with Crippen molar-refractivity contribution < 1.29 is 19.1 Å². The van der Waals surface area contributed by atoms with Crippen molar-refractivity contribution in [3.05, 3.63) is 58.6 Å². The topological polar surface area (TPSA) is 67.9 Å². The number of ether oxygens (including phenoxy) is 2. The number of likely N-dealkylation sites (N-methyl/N-ethyl adjacent to an activating group) is 1. The largest absolute Gasteiger partial charge is 0.493 e. The second kappa shape index (κ2) is 12.0. The molecule has 0 bridgehead atoms. The zero-order valence-electron chi connectivity index (χ0n) is 18.4. The molecule has 2 amide bonds. The Balaban J connectivity index is 2.02. The van der Waals surface area contributed by atoms with E-state index in [1.165, 1.54) is 18.1 Å². The molecule has 1 N–H and O–H groups in total. The average molecular weight is 445 g/mol. The first-order valence-electron chi connectivity index (χ1n) is 10.2. The number of amides is 2. The molecule has 166 valence electrons. The van der Waals surface area contributed by atoms with Crippen LogP contribution in [0.5, 0.6) is 11.5 Å². The number of anilines is 1. The van der Waals surface area contributed by atoms with Crippen molar-refractivity contribution in [3.8, 4) is 11.5 Å². The number of rotatable bonds is 10. The second-order valence-corrected chi connectivity index (χ2v) is 7.38. The number of halogens is 1. The van der Waals surface area contributed by atoms with Gasteiger partial charge in [0.1, 0.15) is 0 Å². The molecular formula is C24H29ClN2O4. The van der Waals surface area contributed by atoms with Gasteiger partial charge >= 0.3 is 0 Å². The monoisotopic (exact) mass is 444 g/mol. The second-order valence-electron chi connectivity index (χ2n) is 6.97. The van der Waals surface area contributed by atoms with Gasteiger partial charge in [0.15, 0.2) is 11.5 Å². The zero-order chi connectivity index (χ0) is 22.8. The van der Waals surface area contributed by atoms with Crippen molar-refractivity contribution in [1.82, 2.24) is 4.90 Å². The number of carbonyl (C=O) groups is 2. The summed E-state index contributed by atoms with van der Waals surface area (Å²) in [5.41, 5.74) is 2.49. The van der Waals surface area contributed by atoms with Crippen LogP contribution in [0.25, 0.3) is 6.08 Å². The predicted octanol–water partition coefficient (Wildman–Crippen LogP) is 4.81. The van der Waals surface area contributed by atoms with E-state index in [0.717, 1.165) is 24.1 Å². The maximum atomic E-state index is 12.4. The molecule has 0 spiro atoms. The molecule has 0 fully saturated rings. The summed E-state index contributed by atoms with van der Waals surface area (Å²) < 4.78 is 11.0. The van der Waals surface area contributed by atoms with Gasteiger partial charge in [-0.25, -0.2) is 0 Å². The first-order chi connectivity index (χ1) is 14.9. The molecule has 7 heteroatoms. The highest BCUT2D eigenvalue weighted by Gasteiger charge is 2.13. The Morgan fingerprint density at radius 1 is 1.19 bits per heavy atom. The van der Waals surface area contributed by atoms with Crippen LogP contribution in [0.3, 0.4) is 0 Å². The van der Waals surface area contributed by atoms with Gasteiger partial charge in [0, 0.05) is 18.8 Å². The van der Waals surface area contributed by atoms with Gasteiger partial charge in [-0.3, -0.25) is 9.59 Å². The van der Waals surface area contributed by atoms with E-state index in [4.69, 9.17) is 21.1 Å². The lowest BCUT2D eigenvalue weighted by molar-refractivity contribution is -0.129. The molecule has 0 aliphatic rings. The van der Waals surface area contributed by atoms with Crippen molar-refractivity contribution in [2.24, 2.45) is 0 Å². The van der Waals surface area contributed by atoms with Gasteiger partial charge in [-0.05, 0) is 48.2 Å². The van der Waals surface area contributed by atoms with Crippen molar-refractivity contribution >= 4 is 35.2 Å². The number of hydrogen-bond acceptors (Lipinski definition) is 4. The minimum atomic E-state index is -0.305. The van der Waals surface area contributed by atoms with Crippen molar-refractivity contribution in [2.75, 3.05) is 32.6 Å². The minimum absolute atomic E-state index is 0.0604. The highest BCUT2D eigenvalue weighted by molar-refractivity contribution is 6.32. The molecule has 0 saturated carbocycles. The highest BCUT2D eigenvalue weighted by atomic mass is 35.5. The number of carbonyl (C=O) groups excluding carboxylic acids is 2.